The van der Waals surface area contributed by atoms with Crippen LogP contribution < -0.4 is 10.9 Å². The largest absolute Gasteiger partial charge is 0.381 e. The van der Waals surface area contributed by atoms with E-state index in [4.69, 9.17) is 11.6 Å². The number of aromatic amines is 1. The van der Waals surface area contributed by atoms with E-state index in [1.807, 2.05) is 59.5 Å². The molecule has 0 saturated carbocycles. The molecule has 4 rings (SSSR count). The zero-order valence-corrected chi connectivity index (χ0v) is 18.1. The van der Waals surface area contributed by atoms with Crippen LogP contribution in [0.5, 0.6) is 0 Å². The van der Waals surface area contributed by atoms with Crippen LogP contribution >= 0.6 is 11.6 Å². The smallest absolute Gasteiger partial charge is 0.252 e. The lowest BCUT2D eigenvalue weighted by molar-refractivity contribution is -0.130. The summed E-state index contributed by atoms with van der Waals surface area (Å²) in [6, 6.07) is 17.5. The molecule has 1 amide bonds. The molecule has 1 fully saturated rings. The maximum Gasteiger partial charge on any atom is 0.252 e. The van der Waals surface area contributed by atoms with Crippen molar-refractivity contribution in [2.75, 3.05) is 18.4 Å². The van der Waals surface area contributed by atoms with Crippen molar-refractivity contribution in [3.8, 4) is 11.1 Å². The number of nitrogens with zero attached hydrogens (tertiary/aromatic N) is 1. The summed E-state index contributed by atoms with van der Waals surface area (Å²) < 4.78 is 0. The first kappa shape index (κ1) is 21.2. The summed E-state index contributed by atoms with van der Waals surface area (Å²) in [5, 5.41) is 3.99. The molecule has 0 atom stereocenters. The number of aryl methyl sites for hydroxylation is 1. The second kappa shape index (κ2) is 9.84. The fraction of sp³-hybridized carbons (Fsp3) is 0.280. The molecule has 0 unspecified atom stereocenters. The van der Waals surface area contributed by atoms with E-state index in [-0.39, 0.29) is 11.5 Å². The lowest BCUT2D eigenvalue weighted by Crippen LogP contribution is -2.27. The van der Waals surface area contributed by atoms with Crippen LogP contribution in [0.2, 0.25) is 5.02 Å². The highest BCUT2D eigenvalue weighted by molar-refractivity contribution is 6.30. The van der Waals surface area contributed by atoms with Gasteiger partial charge in [0.2, 0.25) is 5.91 Å². The van der Waals surface area contributed by atoms with E-state index >= 15 is 0 Å². The third-order valence-electron chi connectivity index (χ3n) is 5.68. The highest BCUT2D eigenvalue weighted by Gasteiger charge is 2.17. The minimum Gasteiger partial charge on any atom is -0.381 e. The van der Waals surface area contributed by atoms with Crippen LogP contribution in [-0.2, 0) is 17.8 Å². The molecule has 1 aliphatic rings. The molecule has 31 heavy (non-hydrogen) atoms. The number of carbonyl (C=O) groups is 1. The molecule has 2 heterocycles. The van der Waals surface area contributed by atoms with Crippen molar-refractivity contribution >= 4 is 23.2 Å². The molecular weight excluding hydrogens is 410 g/mol. The zero-order valence-electron chi connectivity index (χ0n) is 17.4. The number of rotatable bonds is 7. The molecule has 160 valence electrons. The molecule has 3 aromatic rings. The van der Waals surface area contributed by atoms with Gasteiger partial charge in [0.1, 0.15) is 0 Å². The number of carbonyl (C=O) groups excluding carboxylic acids is 1. The molecule has 6 heteroatoms. The molecule has 0 aliphatic carbocycles. The number of H-pyrrole nitrogens is 1. The van der Waals surface area contributed by atoms with E-state index in [0.29, 0.717) is 23.6 Å². The van der Waals surface area contributed by atoms with Crippen molar-refractivity contribution in [1.29, 1.82) is 0 Å². The summed E-state index contributed by atoms with van der Waals surface area (Å²) in [6.45, 7) is 2.23. The van der Waals surface area contributed by atoms with Gasteiger partial charge in [-0.3, -0.25) is 9.59 Å². The first-order chi connectivity index (χ1) is 15.1. The van der Waals surface area contributed by atoms with Crippen molar-refractivity contribution in [1.82, 2.24) is 9.88 Å². The number of amides is 1. The van der Waals surface area contributed by atoms with Crippen LogP contribution in [0.3, 0.4) is 0 Å². The normalized spacial score (nSPS) is 13.4. The number of pyridine rings is 1. The molecule has 0 radical (unpaired) electrons. The van der Waals surface area contributed by atoms with E-state index in [1.165, 1.54) is 0 Å². The van der Waals surface area contributed by atoms with Crippen LogP contribution in [0.15, 0.2) is 65.6 Å². The Bertz CT molecular complexity index is 1090. The van der Waals surface area contributed by atoms with Gasteiger partial charge in [0.25, 0.3) is 5.56 Å². The first-order valence-electron chi connectivity index (χ1n) is 10.7. The molecule has 2 aromatic carbocycles. The lowest BCUT2D eigenvalue weighted by Gasteiger charge is -2.15. The number of benzene rings is 2. The number of halogens is 1. The Labute approximate surface area is 187 Å². The predicted molar refractivity (Wildman–Crippen MR) is 125 cm³/mol. The Morgan fingerprint density at radius 3 is 2.42 bits per heavy atom. The van der Waals surface area contributed by atoms with Crippen molar-refractivity contribution < 1.29 is 4.79 Å². The number of hydrogen-bond donors (Lipinski definition) is 2. The molecule has 1 aliphatic heterocycles. The van der Waals surface area contributed by atoms with Gasteiger partial charge in [-0.15, -0.1) is 0 Å². The van der Waals surface area contributed by atoms with Crippen molar-refractivity contribution in [3.63, 3.8) is 0 Å². The number of likely N-dealkylation sites (tertiary alicyclic amines) is 1. The molecule has 1 saturated heterocycles. The van der Waals surface area contributed by atoms with E-state index in [0.717, 1.165) is 54.7 Å². The second-order valence-electron chi connectivity index (χ2n) is 7.89. The summed E-state index contributed by atoms with van der Waals surface area (Å²) >= 11 is 5.96. The van der Waals surface area contributed by atoms with Gasteiger partial charge in [0.05, 0.1) is 0 Å². The van der Waals surface area contributed by atoms with Crippen LogP contribution in [0.4, 0.5) is 5.69 Å². The second-order valence-corrected chi connectivity index (χ2v) is 8.32. The first-order valence-corrected chi connectivity index (χ1v) is 11.0. The third kappa shape index (κ3) is 5.56. The van der Waals surface area contributed by atoms with Gasteiger partial charge in [-0.05, 0) is 66.3 Å². The van der Waals surface area contributed by atoms with Gasteiger partial charge in [-0.2, -0.15) is 0 Å². The van der Waals surface area contributed by atoms with E-state index in [1.54, 1.807) is 6.20 Å². The average molecular weight is 436 g/mol. The summed E-state index contributed by atoms with van der Waals surface area (Å²) in [4.78, 5) is 29.2. The predicted octanol–water partition coefficient (Wildman–Crippen LogP) is 4.86. The Kier molecular flexibility index (Phi) is 6.73. The minimum atomic E-state index is -0.109. The summed E-state index contributed by atoms with van der Waals surface area (Å²) in [5.74, 6) is 0.250. The van der Waals surface area contributed by atoms with E-state index in [2.05, 4.69) is 10.3 Å². The van der Waals surface area contributed by atoms with Gasteiger partial charge in [0, 0.05) is 48.5 Å². The van der Waals surface area contributed by atoms with Crippen LogP contribution in [0.25, 0.3) is 11.1 Å². The monoisotopic (exact) mass is 435 g/mol. The van der Waals surface area contributed by atoms with Crippen LogP contribution in [0.1, 0.15) is 30.4 Å². The minimum absolute atomic E-state index is 0.109. The Morgan fingerprint density at radius 2 is 1.71 bits per heavy atom. The molecule has 5 nitrogen and oxygen atoms in total. The number of aromatic nitrogens is 1. The molecular formula is C25H26ClN3O2. The fourth-order valence-electron chi connectivity index (χ4n) is 3.83. The molecule has 0 spiro atoms. The Morgan fingerprint density at radius 1 is 1.00 bits per heavy atom. The summed E-state index contributed by atoms with van der Waals surface area (Å²) in [7, 11) is 0. The van der Waals surface area contributed by atoms with Crippen molar-refractivity contribution in [2.45, 2.75) is 32.2 Å². The van der Waals surface area contributed by atoms with Gasteiger partial charge < -0.3 is 15.2 Å². The quantitative estimate of drug-likeness (QED) is 0.556. The maximum atomic E-state index is 12.2. The Hall–Kier alpha value is -3.05. The van der Waals surface area contributed by atoms with Crippen molar-refractivity contribution in [3.05, 3.63) is 87.3 Å². The van der Waals surface area contributed by atoms with Gasteiger partial charge in [0.15, 0.2) is 0 Å². The Balaban J connectivity index is 1.34. The molecule has 0 bridgehead atoms. The standard InChI is InChI=1S/C25H26ClN3O2/c26-22-8-6-19(7-9-22)20-15-21(25(31)28-16-20)17-27-23-10-3-18(4-11-23)5-12-24(30)29-13-1-2-14-29/h3-4,6-11,15-16,27H,1-2,5,12-14,17H2,(H,28,31). The van der Waals surface area contributed by atoms with Gasteiger partial charge >= 0.3 is 0 Å². The molecule has 2 N–H and O–H groups in total. The fourth-order valence-corrected chi connectivity index (χ4v) is 3.96. The summed E-state index contributed by atoms with van der Waals surface area (Å²) in [5.41, 5.74) is 4.56. The van der Waals surface area contributed by atoms with Gasteiger partial charge in [-0.1, -0.05) is 35.9 Å². The number of anilines is 1. The number of nitrogens with one attached hydrogen (secondary N) is 2. The van der Waals surface area contributed by atoms with Crippen LogP contribution in [-0.4, -0.2) is 28.9 Å². The maximum absolute atomic E-state index is 12.2. The highest BCUT2D eigenvalue weighted by atomic mass is 35.5. The summed E-state index contributed by atoms with van der Waals surface area (Å²) in [6.07, 6.45) is 5.26. The van der Waals surface area contributed by atoms with Gasteiger partial charge in [-0.25, -0.2) is 0 Å². The number of hydrogen-bond acceptors (Lipinski definition) is 3. The SMILES string of the molecule is O=C(CCc1ccc(NCc2cc(-c3ccc(Cl)cc3)c[nH]c2=O)cc1)N1CCCC1. The molecule has 1 aromatic heterocycles. The van der Waals surface area contributed by atoms with E-state index < -0.39 is 0 Å². The van der Waals surface area contributed by atoms with Crippen LogP contribution in [0, 0.1) is 0 Å². The highest BCUT2D eigenvalue weighted by Crippen LogP contribution is 2.21. The third-order valence-corrected chi connectivity index (χ3v) is 5.93. The topological polar surface area (TPSA) is 65.2 Å². The van der Waals surface area contributed by atoms with Crippen molar-refractivity contribution in [2.24, 2.45) is 0 Å². The van der Waals surface area contributed by atoms with E-state index in [9.17, 15) is 9.59 Å². The average Bonchev–Trinajstić information content (AvgIpc) is 3.33. The lowest BCUT2D eigenvalue weighted by atomic mass is 10.1. The zero-order chi connectivity index (χ0) is 21.6.